The second-order valence-electron chi connectivity index (χ2n) is 12.9. The van der Waals surface area contributed by atoms with E-state index < -0.39 is 12.0 Å². The maximum Gasteiger partial charge on any atom is 0.321 e. The van der Waals surface area contributed by atoms with Crippen LogP contribution in [0, 0.1) is 17.2 Å². The Kier molecular flexibility index (Phi) is 7.97. The molecule has 1 aromatic carbocycles. The average molecular weight is 525 g/mol. The normalized spacial score (nSPS) is 24.4. The van der Waals surface area contributed by atoms with E-state index in [1.165, 1.54) is 42.3 Å². The summed E-state index contributed by atoms with van der Waals surface area (Å²) in [6, 6.07) is 6.37. The largest absolute Gasteiger partial charge is 0.480 e. The second kappa shape index (κ2) is 11.1. The Bertz CT molecular complexity index is 1130. The quantitative estimate of drug-likeness (QED) is 0.532. The first-order valence-corrected chi connectivity index (χ1v) is 14.7. The van der Waals surface area contributed by atoms with Crippen molar-refractivity contribution in [3.05, 3.63) is 52.6 Å². The molecular weight excluding hydrogens is 479 g/mol. The lowest BCUT2D eigenvalue weighted by atomic mass is 9.85. The van der Waals surface area contributed by atoms with Gasteiger partial charge in [-0.25, -0.2) is 4.39 Å². The molecule has 0 unspecified atom stereocenters. The number of hydrogen-bond acceptors (Lipinski definition) is 4. The molecule has 208 valence electrons. The number of nitrogens with zero attached hydrogens (tertiary/aromatic N) is 4. The number of benzene rings is 1. The Labute approximate surface area is 227 Å². The van der Waals surface area contributed by atoms with E-state index in [1.54, 1.807) is 12.1 Å². The minimum absolute atomic E-state index is 0.126. The number of rotatable bonds is 7. The Morgan fingerprint density at radius 2 is 1.89 bits per heavy atom. The van der Waals surface area contributed by atoms with E-state index in [2.05, 4.69) is 21.4 Å². The van der Waals surface area contributed by atoms with E-state index in [0.29, 0.717) is 12.5 Å². The van der Waals surface area contributed by atoms with Gasteiger partial charge >= 0.3 is 5.97 Å². The molecule has 7 heteroatoms. The lowest BCUT2D eigenvalue weighted by Gasteiger charge is -2.36. The van der Waals surface area contributed by atoms with Gasteiger partial charge in [-0.1, -0.05) is 32.9 Å². The minimum atomic E-state index is -0.771. The SMILES string of the molecule is CCn1nc2c(c1C1CCN(C[C@@H]3CN([C@@H](C(=O)O)C(C)(C)C)C[C@@H]3c3cccc(F)c3)CC1)CCCC2. The van der Waals surface area contributed by atoms with Gasteiger partial charge in [0.2, 0.25) is 0 Å². The van der Waals surface area contributed by atoms with Gasteiger partial charge in [-0.2, -0.15) is 5.10 Å². The van der Waals surface area contributed by atoms with Gasteiger partial charge in [0.05, 0.1) is 5.69 Å². The van der Waals surface area contributed by atoms with Crippen LogP contribution in [0.4, 0.5) is 4.39 Å². The molecule has 2 aromatic rings. The zero-order valence-corrected chi connectivity index (χ0v) is 23.6. The number of hydrogen-bond donors (Lipinski definition) is 1. The van der Waals surface area contributed by atoms with Gasteiger partial charge in [0.1, 0.15) is 11.9 Å². The van der Waals surface area contributed by atoms with Crippen molar-refractivity contribution in [1.29, 1.82) is 0 Å². The Balaban J connectivity index is 1.31. The fourth-order valence-electron chi connectivity index (χ4n) is 7.54. The fourth-order valence-corrected chi connectivity index (χ4v) is 7.54. The molecule has 1 aliphatic carbocycles. The van der Waals surface area contributed by atoms with Crippen LogP contribution in [0.3, 0.4) is 0 Å². The number of carbonyl (C=O) groups is 1. The standard InChI is InChI=1S/C31H45FN4O2/c1-5-36-28(25-11-6-7-12-27(25)33-36)21-13-15-34(16-14-21)18-23-19-35(29(30(37)38)31(2,3)4)20-26(23)22-9-8-10-24(32)17-22/h8-10,17,21,23,26,29H,5-7,11-16,18-20H2,1-4H3,(H,37,38)/t23-,26-,29+/m1/s1. The molecule has 0 saturated carbocycles. The molecule has 5 rings (SSSR count). The van der Waals surface area contributed by atoms with Gasteiger partial charge in [-0.15, -0.1) is 0 Å². The van der Waals surface area contributed by atoms with Crippen LogP contribution in [-0.2, 0) is 24.2 Å². The van der Waals surface area contributed by atoms with Crippen molar-refractivity contribution in [2.75, 3.05) is 32.7 Å². The van der Waals surface area contributed by atoms with Crippen LogP contribution in [0.2, 0.25) is 0 Å². The predicted molar refractivity (Wildman–Crippen MR) is 148 cm³/mol. The van der Waals surface area contributed by atoms with E-state index in [1.807, 2.05) is 26.8 Å². The molecule has 3 aliphatic rings. The molecule has 3 atom stereocenters. The first-order valence-electron chi connectivity index (χ1n) is 14.7. The van der Waals surface area contributed by atoms with Gasteiger partial charge in [0.15, 0.2) is 0 Å². The number of likely N-dealkylation sites (tertiary alicyclic amines) is 2. The summed E-state index contributed by atoms with van der Waals surface area (Å²) in [6.07, 6.45) is 7.11. The highest BCUT2D eigenvalue weighted by atomic mass is 19.1. The number of piperidine rings is 1. The van der Waals surface area contributed by atoms with Crippen LogP contribution in [-0.4, -0.2) is 69.4 Å². The van der Waals surface area contributed by atoms with Crippen molar-refractivity contribution in [3.63, 3.8) is 0 Å². The number of aliphatic carboxylic acids is 1. The van der Waals surface area contributed by atoms with Gasteiger partial charge in [-0.3, -0.25) is 14.4 Å². The van der Waals surface area contributed by atoms with Crippen molar-refractivity contribution in [1.82, 2.24) is 19.6 Å². The molecule has 6 nitrogen and oxygen atoms in total. The molecule has 3 heterocycles. The maximum atomic E-state index is 14.2. The first kappa shape index (κ1) is 27.3. The molecule has 38 heavy (non-hydrogen) atoms. The minimum Gasteiger partial charge on any atom is -0.480 e. The van der Waals surface area contributed by atoms with E-state index in [-0.39, 0.29) is 23.1 Å². The van der Waals surface area contributed by atoms with Crippen molar-refractivity contribution in [3.8, 4) is 0 Å². The third-order valence-corrected chi connectivity index (χ3v) is 9.20. The van der Waals surface area contributed by atoms with Crippen molar-refractivity contribution in [2.24, 2.45) is 11.3 Å². The lowest BCUT2D eigenvalue weighted by molar-refractivity contribution is -0.147. The Morgan fingerprint density at radius 3 is 2.55 bits per heavy atom. The molecule has 0 spiro atoms. The second-order valence-corrected chi connectivity index (χ2v) is 12.9. The number of aromatic nitrogens is 2. The van der Waals surface area contributed by atoms with Crippen LogP contribution in [0.25, 0.3) is 0 Å². The molecule has 2 saturated heterocycles. The van der Waals surface area contributed by atoms with E-state index in [4.69, 9.17) is 5.10 Å². The van der Waals surface area contributed by atoms with E-state index >= 15 is 0 Å². The highest BCUT2D eigenvalue weighted by Crippen LogP contribution is 2.40. The lowest BCUT2D eigenvalue weighted by Crippen LogP contribution is -2.48. The van der Waals surface area contributed by atoms with Crippen molar-refractivity contribution in [2.45, 2.75) is 90.6 Å². The first-order chi connectivity index (χ1) is 18.2. The molecular formula is C31H45FN4O2. The van der Waals surface area contributed by atoms with E-state index in [9.17, 15) is 14.3 Å². The van der Waals surface area contributed by atoms with Gasteiger partial charge in [0.25, 0.3) is 0 Å². The van der Waals surface area contributed by atoms with Crippen molar-refractivity contribution >= 4 is 5.97 Å². The highest BCUT2D eigenvalue weighted by molar-refractivity contribution is 5.74. The smallest absolute Gasteiger partial charge is 0.321 e. The summed E-state index contributed by atoms with van der Waals surface area (Å²) in [5, 5.41) is 15.1. The zero-order chi connectivity index (χ0) is 27.0. The topological polar surface area (TPSA) is 61.6 Å². The van der Waals surface area contributed by atoms with Crippen LogP contribution < -0.4 is 0 Å². The van der Waals surface area contributed by atoms with Crippen LogP contribution in [0.5, 0.6) is 0 Å². The summed E-state index contributed by atoms with van der Waals surface area (Å²) < 4.78 is 16.5. The van der Waals surface area contributed by atoms with Crippen LogP contribution >= 0.6 is 0 Å². The number of fused-ring (bicyclic) bond motifs is 1. The van der Waals surface area contributed by atoms with Crippen LogP contribution in [0.15, 0.2) is 24.3 Å². The molecule has 2 aliphatic heterocycles. The number of carboxylic acids is 1. The summed E-state index contributed by atoms with van der Waals surface area (Å²) >= 11 is 0. The number of carboxylic acid groups (broad SMARTS) is 1. The molecule has 1 aromatic heterocycles. The molecule has 0 radical (unpaired) electrons. The zero-order valence-electron chi connectivity index (χ0n) is 23.6. The number of aryl methyl sites for hydroxylation is 2. The van der Waals surface area contributed by atoms with Crippen LogP contribution in [0.1, 0.15) is 87.7 Å². The molecule has 0 amide bonds. The summed E-state index contributed by atoms with van der Waals surface area (Å²) in [6.45, 7) is 13.5. The highest BCUT2D eigenvalue weighted by Gasteiger charge is 2.44. The average Bonchev–Trinajstić information content (AvgIpc) is 3.44. The summed E-state index contributed by atoms with van der Waals surface area (Å²) in [5.41, 5.74) is 4.99. The molecule has 2 fully saturated rings. The third kappa shape index (κ3) is 5.55. The fraction of sp³-hybridized carbons (Fsp3) is 0.677. The van der Waals surface area contributed by atoms with Gasteiger partial charge in [-0.05, 0) is 93.1 Å². The summed E-state index contributed by atoms with van der Waals surface area (Å²) in [5.74, 6) is -0.0284. The molecule has 0 bridgehead atoms. The third-order valence-electron chi connectivity index (χ3n) is 9.20. The number of halogens is 1. The molecule has 1 N–H and O–H groups in total. The summed E-state index contributed by atoms with van der Waals surface area (Å²) in [7, 11) is 0. The van der Waals surface area contributed by atoms with Crippen molar-refractivity contribution < 1.29 is 14.3 Å². The maximum absolute atomic E-state index is 14.2. The van der Waals surface area contributed by atoms with Gasteiger partial charge in [0, 0.05) is 43.7 Å². The monoisotopic (exact) mass is 524 g/mol. The Hall–Kier alpha value is -2.25. The van der Waals surface area contributed by atoms with Gasteiger partial charge < -0.3 is 10.0 Å². The Morgan fingerprint density at radius 1 is 1.16 bits per heavy atom. The van der Waals surface area contributed by atoms with E-state index in [0.717, 1.165) is 57.5 Å². The summed E-state index contributed by atoms with van der Waals surface area (Å²) in [4.78, 5) is 17.0. The predicted octanol–water partition coefficient (Wildman–Crippen LogP) is 5.32.